The smallest absolute Gasteiger partial charge is 0.491 e. The Morgan fingerprint density at radius 3 is 2.67 bits per heavy atom. The van der Waals surface area contributed by atoms with E-state index in [4.69, 9.17) is 14.1 Å². The van der Waals surface area contributed by atoms with Gasteiger partial charge in [0.1, 0.15) is 11.4 Å². The van der Waals surface area contributed by atoms with E-state index in [1.165, 1.54) is 11.3 Å². The van der Waals surface area contributed by atoms with Crippen molar-refractivity contribution >= 4 is 47.7 Å². The van der Waals surface area contributed by atoms with E-state index in [9.17, 15) is 14.6 Å². The van der Waals surface area contributed by atoms with Gasteiger partial charge in [-0.1, -0.05) is 24.3 Å². The molecule has 1 atom stereocenters. The summed E-state index contributed by atoms with van der Waals surface area (Å²) in [6.07, 6.45) is 2.98. The SMILES string of the molecule is CSc1sc(C(=O)N2CCC3(CC2)COc2ccc(CNC(=O)OC(C)(C)C)cc23)cc1-c1cccc2c1C(C)OB2O. The zero-order chi connectivity index (χ0) is 30.5. The third-order valence-electron chi connectivity index (χ3n) is 8.49. The van der Waals surface area contributed by atoms with Crippen molar-refractivity contribution in [3.8, 4) is 16.9 Å². The first kappa shape index (κ1) is 30.1. The Morgan fingerprint density at radius 1 is 1.19 bits per heavy atom. The number of rotatable bonds is 5. The van der Waals surface area contributed by atoms with Crippen LogP contribution >= 0.6 is 23.1 Å². The van der Waals surface area contributed by atoms with Crippen LogP contribution in [0.1, 0.15) is 73.0 Å². The molecule has 0 saturated carbocycles. The molecule has 3 aliphatic heterocycles. The molecule has 11 heteroatoms. The maximum Gasteiger partial charge on any atom is 0.491 e. The van der Waals surface area contributed by atoms with Gasteiger partial charge in [0, 0.05) is 36.2 Å². The molecule has 1 fully saturated rings. The van der Waals surface area contributed by atoms with Crippen molar-refractivity contribution < 1.29 is 28.7 Å². The molecule has 226 valence electrons. The fourth-order valence-electron chi connectivity index (χ4n) is 6.36. The predicted molar refractivity (Wildman–Crippen MR) is 170 cm³/mol. The number of hydrogen-bond donors (Lipinski definition) is 2. The van der Waals surface area contributed by atoms with E-state index in [1.54, 1.807) is 11.8 Å². The summed E-state index contributed by atoms with van der Waals surface area (Å²) in [6, 6.07) is 14.0. The quantitative estimate of drug-likeness (QED) is 0.287. The zero-order valence-electron chi connectivity index (χ0n) is 25.2. The van der Waals surface area contributed by atoms with Crippen LogP contribution in [0.5, 0.6) is 5.75 Å². The van der Waals surface area contributed by atoms with Crippen molar-refractivity contribution in [1.82, 2.24) is 10.2 Å². The van der Waals surface area contributed by atoms with Crippen LogP contribution in [0.2, 0.25) is 0 Å². The molecular weight excluding hydrogens is 583 g/mol. The summed E-state index contributed by atoms with van der Waals surface area (Å²) in [7, 11) is -0.926. The second kappa shape index (κ2) is 11.5. The number of benzene rings is 2. The van der Waals surface area contributed by atoms with E-state index in [2.05, 4.69) is 11.4 Å². The number of piperidine rings is 1. The van der Waals surface area contributed by atoms with Crippen LogP contribution in [0.4, 0.5) is 4.79 Å². The number of thioether (sulfide) groups is 1. The minimum absolute atomic E-state index is 0.0489. The van der Waals surface area contributed by atoms with Gasteiger partial charge in [0.05, 0.1) is 21.8 Å². The monoisotopic (exact) mass is 620 g/mol. The molecule has 1 unspecified atom stereocenters. The highest BCUT2D eigenvalue weighted by Gasteiger charge is 2.44. The highest BCUT2D eigenvalue weighted by atomic mass is 32.2. The van der Waals surface area contributed by atoms with E-state index in [-0.39, 0.29) is 17.4 Å². The molecule has 1 spiro atoms. The molecule has 1 aromatic heterocycles. The number of alkyl carbamates (subject to hydrolysis) is 1. The summed E-state index contributed by atoms with van der Waals surface area (Å²) >= 11 is 3.16. The molecule has 2 N–H and O–H groups in total. The Balaban J connectivity index is 1.16. The van der Waals surface area contributed by atoms with E-state index >= 15 is 0 Å². The number of likely N-dealkylation sites (tertiary alicyclic amines) is 1. The summed E-state index contributed by atoms with van der Waals surface area (Å²) in [5, 5.41) is 13.2. The lowest BCUT2D eigenvalue weighted by molar-refractivity contribution is 0.0523. The van der Waals surface area contributed by atoms with Crippen molar-refractivity contribution in [3.05, 3.63) is 64.0 Å². The fraction of sp³-hybridized carbons (Fsp3) is 0.438. The summed E-state index contributed by atoms with van der Waals surface area (Å²) in [6.45, 7) is 9.73. The summed E-state index contributed by atoms with van der Waals surface area (Å²) in [5.41, 5.74) is 5.25. The molecule has 2 aromatic carbocycles. The predicted octanol–water partition coefficient (Wildman–Crippen LogP) is 5.51. The van der Waals surface area contributed by atoms with E-state index in [0.29, 0.717) is 26.2 Å². The highest BCUT2D eigenvalue weighted by molar-refractivity contribution is 8.00. The van der Waals surface area contributed by atoms with Gasteiger partial charge < -0.3 is 29.4 Å². The normalized spacial score (nSPS) is 18.8. The summed E-state index contributed by atoms with van der Waals surface area (Å²) in [4.78, 5) is 28.6. The molecule has 6 rings (SSSR count). The molecule has 3 aliphatic rings. The Kier molecular flexibility index (Phi) is 8.04. The van der Waals surface area contributed by atoms with Gasteiger partial charge in [0.15, 0.2) is 0 Å². The van der Waals surface area contributed by atoms with Crippen LogP contribution in [0.3, 0.4) is 0 Å². The Bertz CT molecular complexity index is 1560. The highest BCUT2D eigenvalue weighted by Crippen LogP contribution is 2.47. The number of carbonyl (C=O) groups excluding carboxylic acids is 2. The van der Waals surface area contributed by atoms with Gasteiger partial charge >= 0.3 is 13.2 Å². The molecule has 4 heterocycles. The van der Waals surface area contributed by atoms with Crippen LogP contribution < -0.4 is 15.5 Å². The standard InChI is InChI=1S/C32H37BN2O6S2/c1-19-27-21(7-6-8-24(27)33(38)41-19)22-16-26(43-29(22)42-5)28(36)35-13-11-32(12-14-35)18-39-25-10-9-20(15-23(25)32)17-34-30(37)40-31(2,3)4/h6-10,15-16,19,38H,11-14,17-18H2,1-5H3,(H,34,37). The van der Waals surface area contributed by atoms with Crippen molar-refractivity contribution in [2.45, 2.75) is 68.4 Å². The van der Waals surface area contributed by atoms with Crippen molar-refractivity contribution in [1.29, 1.82) is 0 Å². The largest absolute Gasteiger partial charge is 0.492 e. The van der Waals surface area contributed by atoms with Crippen LogP contribution in [0.15, 0.2) is 46.7 Å². The first-order valence-electron chi connectivity index (χ1n) is 14.6. The van der Waals surface area contributed by atoms with Gasteiger partial charge in [-0.05, 0) is 87.1 Å². The Hall–Kier alpha value is -2.99. The molecule has 2 amide bonds. The van der Waals surface area contributed by atoms with Gasteiger partial charge in [-0.25, -0.2) is 4.79 Å². The van der Waals surface area contributed by atoms with Gasteiger partial charge in [0.25, 0.3) is 5.91 Å². The van der Waals surface area contributed by atoms with Gasteiger partial charge in [-0.15, -0.1) is 23.1 Å². The lowest BCUT2D eigenvalue weighted by atomic mass is 9.74. The van der Waals surface area contributed by atoms with Gasteiger partial charge in [0.2, 0.25) is 0 Å². The second-order valence-electron chi connectivity index (χ2n) is 12.5. The minimum atomic E-state index is -0.926. The number of amides is 2. The van der Waals surface area contributed by atoms with Crippen LogP contribution in [-0.4, -0.2) is 60.6 Å². The minimum Gasteiger partial charge on any atom is -0.492 e. The van der Waals surface area contributed by atoms with E-state index < -0.39 is 18.8 Å². The molecule has 43 heavy (non-hydrogen) atoms. The number of carbonyl (C=O) groups is 2. The molecule has 0 radical (unpaired) electrons. The summed E-state index contributed by atoms with van der Waals surface area (Å²) in [5.74, 6) is 0.930. The number of thiophene rings is 1. The second-order valence-corrected chi connectivity index (χ2v) is 14.6. The molecule has 0 bridgehead atoms. The maximum atomic E-state index is 13.8. The topological polar surface area (TPSA) is 97.3 Å². The van der Waals surface area contributed by atoms with Crippen molar-refractivity contribution in [3.63, 3.8) is 0 Å². The fourth-order valence-corrected chi connectivity index (χ4v) is 8.22. The third-order valence-corrected chi connectivity index (χ3v) is 10.8. The lowest BCUT2D eigenvalue weighted by Crippen LogP contribution is -2.45. The third kappa shape index (κ3) is 5.80. The summed E-state index contributed by atoms with van der Waals surface area (Å²) < 4.78 is 18.2. The van der Waals surface area contributed by atoms with Crippen molar-refractivity contribution in [2.24, 2.45) is 0 Å². The molecule has 1 saturated heterocycles. The average Bonchev–Trinajstić information content (AvgIpc) is 3.65. The van der Waals surface area contributed by atoms with Crippen LogP contribution in [-0.2, 0) is 21.4 Å². The number of nitrogens with one attached hydrogen (secondary N) is 1. The number of ether oxygens (including phenoxy) is 2. The Labute approximate surface area is 261 Å². The van der Waals surface area contributed by atoms with Crippen LogP contribution in [0.25, 0.3) is 11.1 Å². The van der Waals surface area contributed by atoms with Gasteiger partial charge in [-0.3, -0.25) is 4.79 Å². The number of nitrogens with zero attached hydrogens (tertiary/aromatic N) is 1. The number of fused-ring (bicyclic) bond motifs is 3. The van der Waals surface area contributed by atoms with E-state index in [0.717, 1.165) is 61.0 Å². The van der Waals surface area contributed by atoms with E-state index in [1.807, 2.05) is 75.2 Å². The van der Waals surface area contributed by atoms with Crippen LogP contribution in [0, 0.1) is 0 Å². The maximum absolute atomic E-state index is 13.8. The Morgan fingerprint density at radius 2 is 1.95 bits per heavy atom. The zero-order valence-corrected chi connectivity index (χ0v) is 26.8. The molecular formula is C32H37BN2O6S2. The lowest BCUT2D eigenvalue weighted by Gasteiger charge is -2.38. The first-order valence-corrected chi connectivity index (χ1v) is 16.7. The molecule has 3 aromatic rings. The number of hydrogen-bond acceptors (Lipinski definition) is 8. The molecule has 8 nitrogen and oxygen atoms in total. The average molecular weight is 621 g/mol. The van der Waals surface area contributed by atoms with Crippen molar-refractivity contribution in [2.75, 3.05) is 26.0 Å². The van der Waals surface area contributed by atoms with Gasteiger partial charge in [-0.2, -0.15) is 0 Å². The first-order chi connectivity index (χ1) is 20.5. The molecule has 0 aliphatic carbocycles.